The molecule has 9 heteroatoms. The van der Waals surface area contributed by atoms with E-state index in [0.29, 0.717) is 16.3 Å². The first-order chi connectivity index (χ1) is 13.2. The van der Waals surface area contributed by atoms with Crippen molar-refractivity contribution in [3.05, 3.63) is 46.1 Å². The Morgan fingerprint density at radius 3 is 2.43 bits per heavy atom. The Morgan fingerprint density at radius 2 is 1.82 bits per heavy atom. The Morgan fingerprint density at radius 1 is 1.18 bits per heavy atom. The van der Waals surface area contributed by atoms with Crippen molar-refractivity contribution in [2.24, 2.45) is 0 Å². The molecule has 1 amide bonds. The van der Waals surface area contributed by atoms with Gasteiger partial charge in [0.2, 0.25) is 0 Å². The van der Waals surface area contributed by atoms with Crippen LogP contribution in [0.25, 0.3) is 0 Å². The number of benzene rings is 1. The van der Waals surface area contributed by atoms with Gasteiger partial charge < -0.3 is 19.5 Å². The number of amides is 1. The third-order valence-electron chi connectivity index (χ3n) is 3.83. The van der Waals surface area contributed by atoms with Crippen LogP contribution in [-0.2, 0) is 19.1 Å². The number of thiophene rings is 1. The highest BCUT2D eigenvalue weighted by Gasteiger charge is 2.23. The Bertz CT molecular complexity index is 877. The average molecular weight is 409 g/mol. The SMILES string of the molecule is COC(=O)c1c(NC(=O)COC(=O)[C@H](C)Oc2ccc(F)cc2)sc(C)c1C. The van der Waals surface area contributed by atoms with Gasteiger partial charge in [-0.15, -0.1) is 11.3 Å². The maximum Gasteiger partial charge on any atom is 0.347 e. The molecule has 1 atom stereocenters. The lowest BCUT2D eigenvalue weighted by atomic mass is 10.1. The van der Waals surface area contributed by atoms with E-state index >= 15 is 0 Å². The van der Waals surface area contributed by atoms with Gasteiger partial charge in [-0.05, 0) is 50.6 Å². The van der Waals surface area contributed by atoms with Crippen LogP contribution in [0.1, 0.15) is 27.7 Å². The van der Waals surface area contributed by atoms with Crippen LogP contribution in [0.4, 0.5) is 9.39 Å². The fourth-order valence-corrected chi connectivity index (χ4v) is 3.31. The smallest absolute Gasteiger partial charge is 0.347 e. The number of anilines is 1. The van der Waals surface area contributed by atoms with E-state index in [1.807, 2.05) is 6.92 Å². The molecule has 0 saturated heterocycles. The van der Waals surface area contributed by atoms with Gasteiger partial charge in [0, 0.05) is 4.88 Å². The first-order valence-electron chi connectivity index (χ1n) is 8.30. The van der Waals surface area contributed by atoms with E-state index in [1.165, 1.54) is 49.6 Å². The normalized spacial score (nSPS) is 11.5. The summed E-state index contributed by atoms with van der Waals surface area (Å²) in [5, 5.41) is 2.89. The van der Waals surface area contributed by atoms with Gasteiger partial charge >= 0.3 is 11.9 Å². The summed E-state index contributed by atoms with van der Waals surface area (Å²) in [7, 11) is 1.25. The van der Waals surface area contributed by atoms with Crippen molar-refractivity contribution in [3.8, 4) is 5.75 Å². The standard InChI is InChI=1S/C19H20FNO6S/c1-10-12(3)28-17(16(10)19(24)25-4)21-15(22)9-26-18(23)11(2)27-14-7-5-13(20)6-8-14/h5-8,11H,9H2,1-4H3,(H,21,22)/t11-/m0/s1. The van der Waals surface area contributed by atoms with Crippen molar-refractivity contribution in [1.29, 1.82) is 0 Å². The zero-order valence-electron chi connectivity index (χ0n) is 15.8. The second-order valence-electron chi connectivity index (χ2n) is 5.85. The summed E-state index contributed by atoms with van der Waals surface area (Å²) in [5.74, 6) is -2.05. The summed E-state index contributed by atoms with van der Waals surface area (Å²) < 4.78 is 27.9. The van der Waals surface area contributed by atoms with E-state index < -0.39 is 36.4 Å². The maximum absolute atomic E-state index is 12.9. The molecule has 1 aromatic heterocycles. The number of esters is 2. The predicted octanol–water partition coefficient (Wildman–Crippen LogP) is 3.24. The maximum atomic E-state index is 12.9. The molecule has 1 N–H and O–H groups in total. The van der Waals surface area contributed by atoms with Crippen LogP contribution in [-0.4, -0.2) is 37.7 Å². The molecular formula is C19H20FNO6S. The molecule has 28 heavy (non-hydrogen) atoms. The lowest BCUT2D eigenvalue weighted by Crippen LogP contribution is -2.29. The van der Waals surface area contributed by atoms with Crippen molar-refractivity contribution < 1.29 is 33.0 Å². The molecule has 1 aromatic carbocycles. The molecule has 0 aliphatic rings. The fraction of sp³-hybridized carbons (Fsp3) is 0.316. The van der Waals surface area contributed by atoms with Crippen molar-refractivity contribution in [1.82, 2.24) is 0 Å². The summed E-state index contributed by atoms with van der Waals surface area (Å²) in [6.45, 7) is 4.47. The van der Waals surface area contributed by atoms with E-state index in [4.69, 9.17) is 14.2 Å². The Labute approximate surface area is 165 Å². The van der Waals surface area contributed by atoms with Gasteiger partial charge in [0.15, 0.2) is 12.7 Å². The summed E-state index contributed by atoms with van der Waals surface area (Å²) in [6.07, 6.45) is -0.991. The van der Waals surface area contributed by atoms with Crippen molar-refractivity contribution >= 4 is 34.2 Å². The molecule has 7 nitrogen and oxygen atoms in total. The minimum absolute atomic E-state index is 0.276. The number of methoxy groups -OCH3 is 1. The van der Waals surface area contributed by atoms with E-state index in [1.54, 1.807) is 6.92 Å². The minimum Gasteiger partial charge on any atom is -0.479 e. The van der Waals surface area contributed by atoms with Gasteiger partial charge in [-0.3, -0.25) is 4.79 Å². The number of ether oxygens (including phenoxy) is 3. The second-order valence-corrected chi connectivity index (χ2v) is 7.07. The summed E-state index contributed by atoms with van der Waals surface area (Å²) >= 11 is 1.23. The zero-order valence-corrected chi connectivity index (χ0v) is 16.6. The first kappa shape index (κ1) is 21.4. The average Bonchev–Trinajstić information content (AvgIpc) is 2.94. The Kier molecular flexibility index (Phi) is 7.11. The van der Waals surface area contributed by atoms with Gasteiger partial charge in [0.05, 0.1) is 12.7 Å². The molecule has 0 bridgehead atoms. The topological polar surface area (TPSA) is 90.9 Å². The van der Waals surface area contributed by atoms with Gasteiger partial charge in [0.25, 0.3) is 5.91 Å². The lowest BCUT2D eigenvalue weighted by molar-refractivity contribution is -0.153. The van der Waals surface area contributed by atoms with Gasteiger partial charge in [-0.25, -0.2) is 14.0 Å². The largest absolute Gasteiger partial charge is 0.479 e. The number of halogens is 1. The lowest BCUT2D eigenvalue weighted by Gasteiger charge is -2.14. The van der Waals surface area contributed by atoms with Crippen molar-refractivity contribution in [2.75, 3.05) is 19.0 Å². The van der Waals surface area contributed by atoms with Crippen LogP contribution in [0.3, 0.4) is 0 Å². The fourth-order valence-electron chi connectivity index (χ4n) is 2.25. The summed E-state index contributed by atoms with van der Waals surface area (Å²) in [4.78, 5) is 36.8. The molecule has 0 spiro atoms. The summed E-state index contributed by atoms with van der Waals surface area (Å²) in [6, 6.07) is 5.15. The van der Waals surface area contributed by atoms with Gasteiger partial charge in [-0.2, -0.15) is 0 Å². The molecule has 0 fully saturated rings. The molecular weight excluding hydrogens is 389 g/mol. The van der Waals surface area contributed by atoms with Crippen molar-refractivity contribution in [3.63, 3.8) is 0 Å². The van der Waals surface area contributed by atoms with Gasteiger partial charge in [-0.1, -0.05) is 0 Å². The van der Waals surface area contributed by atoms with E-state index in [0.717, 1.165) is 4.88 Å². The molecule has 0 radical (unpaired) electrons. The monoisotopic (exact) mass is 409 g/mol. The van der Waals surface area contributed by atoms with Crippen LogP contribution in [0.2, 0.25) is 0 Å². The van der Waals surface area contributed by atoms with E-state index in [9.17, 15) is 18.8 Å². The number of hydrogen-bond acceptors (Lipinski definition) is 7. The minimum atomic E-state index is -0.991. The van der Waals surface area contributed by atoms with Crippen LogP contribution >= 0.6 is 11.3 Å². The number of nitrogens with one attached hydrogen (secondary N) is 1. The van der Waals surface area contributed by atoms with Crippen LogP contribution in [0, 0.1) is 19.7 Å². The molecule has 0 aliphatic carbocycles. The van der Waals surface area contributed by atoms with Crippen LogP contribution in [0.5, 0.6) is 5.75 Å². The number of rotatable bonds is 7. The van der Waals surface area contributed by atoms with E-state index in [-0.39, 0.29) is 5.56 Å². The van der Waals surface area contributed by atoms with Gasteiger partial charge in [0.1, 0.15) is 16.6 Å². The van der Waals surface area contributed by atoms with Crippen LogP contribution < -0.4 is 10.1 Å². The van der Waals surface area contributed by atoms with Crippen LogP contribution in [0.15, 0.2) is 24.3 Å². The Balaban J connectivity index is 1.91. The molecule has 2 rings (SSSR count). The number of hydrogen-bond donors (Lipinski definition) is 1. The Hall–Kier alpha value is -2.94. The molecule has 1 heterocycles. The number of carbonyl (C=O) groups excluding carboxylic acids is 3. The number of aryl methyl sites for hydroxylation is 1. The molecule has 0 aliphatic heterocycles. The van der Waals surface area contributed by atoms with Crippen molar-refractivity contribution in [2.45, 2.75) is 26.9 Å². The van der Waals surface area contributed by atoms with E-state index in [2.05, 4.69) is 5.32 Å². The quantitative estimate of drug-likeness (QED) is 0.706. The molecule has 150 valence electrons. The second kappa shape index (κ2) is 9.32. The molecule has 2 aromatic rings. The molecule has 0 unspecified atom stereocenters. The third kappa shape index (κ3) is 5.29. The third-order valence-corrected chi connectivity index (χ3v) is 4.95. The predicted molar refractivity (Wildman–Crippen MR) is 101 cm³/mol. The first-order valence-corrected chi connectivity index (χ1v) is 9.11. The highest BCUT2D eigenvalue weighted by atomic mass is 32.1. The number of carbonyl (C=O) groups is 3. The zero-order chi connectivity index (χ0) is 20.8. The highest BCUT2D eigenvalue weighted by Crippen LogP contribution is 2.32. The summed E-state index contributed by atoms with van der Waals surface area (Å²) in [5.41, 5.74) is 0.989. The highest BCUT2D eigenvalue weighted by molar-refractivity contribution is 7.16. The molecule has 0 saturated carbocycles.